The van der Waals surface area contributed by atoms with E-state index in [4.69, 9.17) is 0 Å². The molecular formula is C16H27ClN2O2S. The summed E-state index contributed by atoms with van der Waals surface area (Å²) in [5, 5.41) is 3.31. The van der Waals surface area contributed by atoms with Gasteiger partial charge in [0.05, 0.1) is 4.90 Å². The zero-order valence-corrected chi connectivity index (χ0v) is 15.4. The summed E-state index contributed by atoms with van der Waals surface area (Å²) in [4.78, 5) is 0.341. The normalized spacial score (nSPS) is 22.9. The maximum atomic E-state index is 12.5. The lowest BCUT2D eigenvalue weighted by Gasteiger charge is -2.30. The van der Waals surface area contributed by atoms with Crippen molar-refractivity contribution in [2.75, 3.05) is 6.54 Å². The highest BCUT2D eigenvalue weighted by Gasteiger charge is 2.26. The molecule has 0 spiro atoms. The summed E-state index contributed by atoms with van der Waals surface area (Å²) in [6, 6.07) is 7.33. The maximum Gasteiger partial charge on any atom is 0.240 e. The van der Waals surface area contributed by atoms with Gasteiger partial charge < -0.3 is 5.32 Å². The summed E-state index contributed by atoms with van der Waals surface area (Å²) < 4.78 is 27.8. The van der Waals surface area contributed by atoms with Crippen molar-refractivity contribution in [2.45, 2.75) is 62.9 Å². The van der Waals surface area contributed by atoms with Gasteiger partial charge in [-0.1, -0.05) is 32.9 Å². The Morgan fingerprint density at radius 2 is 1.77 bits per heavy atom. The topological polar surface area (TPSA) is 58.2 Å². The number of piperidine rings is 1. The van der Waals surface area contributed by atoms with Crippen LogP contribution in [0.3, 0.4) is 0 Å². The molecule has 1 saturated heterocycles. The molecule has 2 N–H and O–H groups in total. The molecule has 4 nitrogen and oxygen atoms in total. The lowest BCUT2D eigenvalue weighted by molar-refractivity contribution is 0.349. The van der Waals surface area contributed by atoms with E-state index < -0.39 is 10.0 Å². The summed E-state index contributed by atoms with van der Waals surface area (Å²) in [5.74, 6) is 0. The van der Waals surface area contributed by atoms with Crippen LogP contribution in [-0.2, 0) is 15.4 Å². The van der Waals surface area contributed by atoms with E-state index in [9.17, 15) is 8.42 Å². The maximum absolute atomic E-state index is 12.5. The lowest BCUT2D eigenvalue weighted by atomic mass is 9.87. The van der Waals surface area contributed by atoms with Crippen LogP contribution in [0.25, 0.3) is 0 Å². The van der Waals surface area contributed by atoms with Gasteiger partial charge in [0, 0.05) is 12.1 Å². The summed E-state index contributed by atoms with van der Waals surface area (Å²) >= 11 is 0. The van der Waals surface area contributed by atoms with Crippen molar-refractivity contribution in [2.24, 2.45) is 0 Å². The van der Waals surface area contributed by atoms with Gasteiger partial charge in [0.1, 0.15) is 0 Å². The second kappa shape index (κ2) is 7.30. The minimum absolute atomic E-state index is 0. The highest BCUT2D eigenvalue weighted by Crippen LogP contribution is 2.23. The molecule has 1 aromatic rings. The highest BCUT2D eigenvalue weighted by molar-refractivity contribution is 7.89. The van der Waals surface area contributed by atoms with E-state index in [-0.39, 0.29) is 29.9 Å². The Labute approximate surface area is 140 Å². The number of sulfonamides is 1. The summed E-state index contributed by atoms with van der Waals surface area (Å²) in [6.07, 6.45) is 1.88. The summed E-state index contributed by atoms with van der Waals surface area (Å²) in [6.45, 7) is 9.33. The molecule has 0 radical (unpaired) electrons. The van der Waals surface area contributed by atoms with E-state index in [1.807, 2.05) is 19.1 Å². The monoisotopic (exact) mass is 346 g/mol. The van der Waals surface area contributed by atoms with Gasteiger partial charge in [-0.25, -0.2) is 13.1 Å². The lowest BCUT2D eigenvalue weighted by Crippen LogP contribution is -2.51. The standard InChI is InChI=1S/C16H26N2O2S.ClH/c1-12-15(6-5-11-17-12)18-21(19,20)14-9-7-13(8-10-14)16(2,3)4;/h7-10,12,15,17-18H,5-6,11H2,1-4H3;1H. The molecule has 1 aliphatic rings. The van der Waals surface area contributed by atoms with E-state index in [0.717, 1.165) is 24.9 Å². The fourth-order valence-corrected chi connectivity index (χ4v) is 3.96. The first-order valence-electron chi connectivity index (χ1n) is 7.56. The number of hydrogen-bond donors (Lipinski definition) is 2. The van der Waals surface area contributed by atoms with Crippen molar-refractivity contribution in [1.82, 2.24) is 10.0 Å². The Bertz CT molecular complexity index is 579. The van der Waals surface area contributed by atoms with Crippen LogP contribution in [-0.4, -0.2) is 27.0 Å². The third kappa shape index (κ3) is 4.69. The third-order valence-corrected chi connectivity index (χ3v) is 5.60. The average Bonchev–Trinajstić information content (AvgIpc) is 2.40. The molecule has 0 aromatic heterocycles. The summed E-state index contributed by atoms with van der Waals surface area (Å²) in [7, 11) is -3.45. The van der Waals surface area contributed by atoms with Crippen LogP contribution in [0, 0.1) is 0 Å². The van der Waals surface area contributed by atoms with E-state index in [1.54, 1.807) is 12.1 Å². The van der Waals surface area contributed by atoms with Crippen molar-refractivity contribution in [3.63, 3.8) is 0 Å². The fourth-order valence-electron chi connectivity index (χ4n) is 2.61. The first-order valence-corrected chi connectivity index (χ1v) is 9.05. The summed E-state index contributed by atoms with van der Waals surface area (Å²) in [5.41, 5.74) is 1.16. The van der Waals surface area contributed by atoms with E-state index >= 15 is 0 Å². The average molecular weight is 347 g/mol. The van der Waals surface area contributed by atoms with Crippen molar-refractivity contribution in [3.05, 3.63) is 29.8 Å². The van der Waals surface area contributed by atoms with Gasteiger partial charge in [0.2, 0.25) is 10.0 Å². The molecule has 0 aliphatic carbocycles. The highest BCUT2D eigenvalue weighted by atomic mass is 35.5. The van der Waals surface area contributed by atoms with Crippen molar-refractivity contribution in [3.8, 4) is 0 Å². The van der Waals surface area contributed by atoms with Crippen LogP contribution in [0.15, 0.2) is 29.2 Å². The number of nitrogens with one attached hydrogen (secondary N) is 2. The van der Waals surface area contributed by atoms with Gasteiger partial charge in [-0.3, -0.25) is 0 Å². The van der Waals surface area contributed by atoms with E-state index in [2.05, 4.69) is 30.8 Å². The fraction of sp³-hybridized carbons (Fsp3) is 0.625. The van der Waals surface area contributed by atoms with Crippen LogP contribution in [0.1, 0.15) is 46.1 Å². The van der Waals surface area contributed by atoms with Crippen LogP contribution in [0.2, 0.25) is 0 Å². The van der Waals surface area contributed by atoms with Crippen LogP contribution in [0.4, 0.5) is 0 Å². The van der Waals surface area contributed by atoms with Crippen molar-refractivity contribution < 1.29 is 8.42 Å². The Balaban J connectivity index is 0.00000242. The molecular weight excluding hydrogens is 320 g/mol. The Hall–Kier alpha value is -0.620. The molecule has 2 atom stereocenters. The molecule has 1 aromatic carbocycles. The Morgan fingerprint density at radius 1 is 1.18 bits per heavy atom. The molecule has 0 saturated carbocycles. The van der Waals surface area contributed by atoms with Gasteiger partial charge in [-0.2, -0.15) is 0 Å². The second-order valence-corrected chi connectivity index (χ2v) is 8.60. The number of rotatable bonds is 3. The largest absolute Gasteiger partial charge is 0.313 e. The number of halogens is 1. The SMILES string of the molecule is CC1NCCCC1NS(=O)(=O)c1ccc(C(C)(C)C)cc1.Cl. The van der Waals surface area contributed by atoms with Crippen LogP contribution < -0.4 is 10.0 Å². The smallest absolute Gasteiger partial charge is 0.240 e. The van der Waals surface area contributed by atoms with Crippen LogP contribution >= 0.6 is 12.4 Å². The van der Waals surface area contributed by atoms with Gasteiger partial charge in [0.25, 0.3) is 0 Å². The van der Waals surface area contributed by atoms with Crippen LogP contribution in [0.5, 0.6) is 0 Å². The van der Waals surface area contributed by atoms with E-state index in [0.29, 0.717) is 4.90 Å². The van der Waals surface area contributed by atoms with Gasteiger partial charge in [0.15, 0.2) is 0 Å². The Morgan fingerprint density at radius 3 is 2.27 bits per heavy atom. The third-order valence-electron chi connectivity index (χ3n) is 4.10. The molecule has 1 aliphatic heterocycles. The molecule has 126 valence electrons. The van der Waals surface area contributed by atoms with Crippen molar-refractivity contribution in [1.29, 1.82) is 0 Å². The first kappa shape index (κ1) is 19.4. The minimum atomic E-state index is -3.45. The molecule has 6 heteroatoms. The predicted octanol–water partition coefficient (Wildman–Crippen LogP) is 2.82. The van der Waals surface area contributed by atoms with Gasteiger partial charge >= 0.3 is 0 Å². The van der Waals surface area contributed by atoms with Gasteiger partial charge in [-0.15, -0.1) is 12.4 Å². The number of hydrogen-bond acceptors (Lipinski definition) is 3. The molecule has 1 fully saturated rings. The molecule has 22 heavy (non-hydrogen) atoms. The van der Waals surface area contributed by atoms with Crippen molar-refractivity contribution >= 4 is 22.4 Å². The zero-order chi connectivity index (χ0) is 15.7. The van der Waals surface area contributed by atoms with Gasteiger partial charge in [-0.05, 0) is 49.4 Å². The molecule has 2 unspecified atom stereocenters. The first-order chi connectivity index (χ1) is 9.70. The minimum Gasteiger partial charge on any atom is -0.313 e. The Kier molecular flexibility index (Phi) is 6.45. The predicted molar refractivity (Wildman–Crippen MR) is 93.2 cm³/mol. The molecule has 0 bridgehead atoms. The zero-order valence-electron chi connectivity index (χ0n) is 13.7. The molecule has 2 rings (SSSR count). The second-order valence-electron chi connectivity index (χ2n) is 6.89. The molecule has 0 amide bonds. The van der Waals surface area contributed by atoms with E-state index in [1.165, 1.54) is 0 Å². The quantitative estimate of drug-likeness (QED) is 0.884. The number of benzene rings is 1. The molecule has 1 heterocycles.